The van der Waals surface area contributed by atoms with Crippen molar-refractivity contribution in [3.8, 4) is 0 Å². The van der Waals surface area contributed by atoms with E-state index in [1.165, 1.54) is 12.5 Å². The van der Waals surface area contributed by atoms with Crippen LogP contribution in [0.25, 0.3) is 10.1 Å². The summed E-state index contributed by atoms with van der Waals surface area (Å²) in [5.41, 5.74) is 0.674. The molecule has 24 heavy (non-hydrogen) atoms. The van der Waals surface area contributed by atoms with E-state index in [0.717, 1.165) is 11.3 Å². The number of hydrogen-bond acceptors (Lipinski definition) is 7. The van der Waals surface area contributed by atoms with Gasteiger partial charge in [-0.1, -0.05) is 28.9 Å². The fourth-order valence-corrected chi connectivity index (χ4v) is 4.89. The second-order valence-electron chi connectivity index (χ2n) is 4.79. The van der Waals surface area contributed by atoms with Crippen LogP contribution in [0.15, 0.2) is 33.0 Å². The van der Waals surface area contributed by atoms with Crippen LogP contribution in [0.4, 0.5) is 5.88 Å². The molecule has 0 aliphatic rings. The molecule has 0 saturated carbocycles. The molecular weight excluding hydrogens is 376 g/mol. The molecule has 0 aliphatic heterocycles. The van der Waals surface area contributed by atoms with Crippen LogP contribution < -0.4 is 4.72 Å². The molecule has 0 bridgehead atoms. The van der Waals surface area contributed by atoms with Gasteiger partial charge in [-0.05, 0) is 13.0 Å². The van der Waals surface area contributed by atoms with Crippen molar-refractivity contribution in [1.82, 2.24) is 5.16 Å². The highest BCUT2D eigenvalue weighted by molar-refractivity contribution is 7.93. The normalized spacial score (nSPS) is 11.6. The molecular formula is C14H11ClN2O5S2. The summed E-state index contributed by atoms with van der Waals surface area (Å²) in [6.45, 7) is 1.59. The number of esters is 1. The molecule has 2 heterocycles. The number of ether oxygens (including phenoxy) is 1. The first-order valence-corrected chi connectivity index (χ1v) is 9.32. The molecule has 0 atom stereocenters. The first-order valence-electron chi connectivity index (χ1n) is 6.58. The number of aryl methyl sites for hydroxylation is 1. The topological polar surface area (TPSA) is 98.5 Å². The zero-order valence-electron chi connectivity index (χ0n) is 12.5. The van der Waals surface area contributed by atoms with Gasteiger partial charge < -0.3 is 9.26 Å². The standard InChI is InChI=1S/C14H11ClN2O5S2/c1-7-11(15)13(22-16-7)17-24(19,20)10-6-23-12-8(10)4-3-5-9(12)14(18)21-2/h3-6,17H,1-2H3. The van der Waals surface area contributed by atoms with Crippen LogP contribution in [0.3, 0.4) is 0 Å². The summed E-state index contributed by atoms with van der Waals surface area (Å²) in [4.78, 5) is 11.8. The number of fused-ring (bicyclic) bond motifs is 1. The van der Waals surface area contributed by atoms with E-state index in [2.05, 4.69) is 9.88 Å². The van der Waals surface area contributed by atoms with E-state index in [1.54, 1.807) is 25.1 Å². The number of nitrogens with zero attached hydrogens (tertiary/aromatic N) is 1. The highest BCUT2D eigenvalue weighted by Crippen LogP contribution is 2.34. The van der Waals surface area contributed by atoms with Gasteiger partial charge in [0.05, 0.1) is 17.4 Å². The molecule has 0 unspecified atom stereocenters. The number of hydrogen-bond donors (Lipinski definition) is 1. The summed E-state index contributed by atoms with van der Waals surface area (Å²) >= 11 is 7.07. The third-order valence-corrected chi connectivity index (χ3v) is 6.27. The van der Waals surface area contributed by atoms with Crippen molar-refractivity contribution in [3.05, 3.63) is 39.9 Å². The number of anilines is 1. The van der Waals surface area contributed by atoms with E-state index < -0.39 is 16.0 Å². The van der Waals surface area contributed by atoms with Crippen LogP contribution in [0.5, 0.6) is 0 Å². The van der Waals surface area contributed by atoms with Crippen molar-refractivity contribution < 1.29 is 22.5 Å². The molecule has 7 nitrogen and oxygen atoms in total. The van der Waals surface area contributed by atoms with Gasteiger partial charge >= 0.3 is 5.97 Å². The Kier molecular flexibility index (Phi) is 4.24. The van der Waals surface area contributed by atoms with E-state index >= 15 is 0 Å². The van der Waals surface area contributed by atoms with E-state index in [4.69, 9.17) is 20.9 Å². The average molecular weight is 387 g/mol. The molecule has 0 aliphatic carbocycles. The summed E-state index contributed by atoms with van der Waals surface area (Å²) < 4.78 is 37.6. The number of halogens is 1. The summed E-state index contributed by atoms with van der Waals surface area (Å²) in [5.74, 6) is -0.689. The van der Waals surface area contributed by atoms with Gasteiger partial charge in [-0.2, -0.15) is 0 Å². The molecule has 3 aromatic rings. The van der Waals surface area contributed by atoms with Gasteiger partial charge in [-0.3, -0.25) is 0 Å². The molecule has 0 saturated heterocycles. The zero-order chi connectivity index (χ0) is 17.5. The molecule has 3 rings (SSSR count). The monoisotopic (exact) mass is 386 g/mol. The summed E-state index contributed by atoms with van der Waals surface area (Å²) in [6.07, 6.45) is 0. The number of carbonyl (C=O) groups is 1. The lowest BCUT2D eigenvalue weighted by atomic mass is 10.2. The molecule has 0 fully saturated rings. The Hall–Kier alpha value is -2.10. The Morgan fingerprint density at radius 3 is 2.79 bits per heavy atom. The second kappa shape index (κ2) is 6.08. The van der Waals surface area contributed by atoms with Crippen molar-refractivity contribution >= 4 is 54.9 Å². The highest BCUT2D eigenvalue weighted by Gasteiger charge is 2.25. The van der Waals surface area contributed by atoms with Crippen molar-refractivity contribution in [1.29, 1.82) is 0 Å². The van der Waals surface area contributed by atoms with E-state index in [0.29, 0.717) is 21.3 Å². The SMILES string of the molecule is COC(=O)c1cccc2c(S(=O)(=O)Nc3onc(C)c3Cl)csc12. The number of nitrogens with one attached hydrogen (secondary N) is 1. The number of sulfonamides is 1. The van der Waals surface area contributed by atoms with Crippen LogP contribution in [0, 0.1) is 6.92 Å². The van der Waals surface area contributed by atoms with Crippen molar-refractivity contribution in [3.63, 3.8) is 0 Å². The summed E-state index contributed by atoms with van der Waals surface area (Å²) in [6, 6.07) is 4.77. The minimum Gasteiger partial charge on any atom is -0.465 e. The fraction of sp³-hybridized carbons (Fsp3) is 0.143. The lowest BCUT2D eigenvalue weighted by Gasteiger charge is -2.05. The fourth-order valence-electron chi connectivity index (χ4n) is 2.11. The van der Waals surface area contributed by atoms with Crippen LogP contribution in [-0.4, -0.2) is 26.7 Å². The van der Waals surface area contributed by atoms with Gasteiger partial charge in [0.1, 0.15) is 15.6 Å². The maximum atomic E-state index is 12.6. The first-order chi connectivity index (χ1) is 11.3. The molecule has 0 spiro atoms. The third kappa shape index (κ3) is 2.74. The zero-order valence-corrected chi connectivity index (χ0v) is 14.9. The van der Waals surface area contributed by atoms with E-state index in [9.17, 15) is 13.2 Å². The Morgan fingerprint density at radius 1 is 1.42 bits per heavy atom. The number of aromatic nitrogens is 1. The molecule has 0 radical (unpaired) electrons. The minimum atomic E-state index is -3.96. The van der Waals surface area contributed by atoms with Crippen molar-refractivity contribution in [2.75, 3.05) is 11.8 Å². The Bertz CT molecular complexity index is 1040. The first kappa shape index (κ1) is 16.7. The van der Waals surface area contributed by atoms with Crippen LogP contribution >= 0.6 is 22.9 Å². The predicted octanol–water partition coefficient (Wildman–Crippen LogP) is 3.44. The van der Waals surface area contributed by atoms with E-state index in [-0.39, 0.29) is 15.8 Å². The van der Waals surface area contributed by atoms with Crippen LogP contribution in [-0.2, 0) is 14.8 Å². The molecule has 10 heteroatoms. The van der Waals surface area contributed by atoms with Gasteiger partial charge in [0.2, 0.25) is 0 Å². The molecule has 126 valence electrons. The van der Waals surface area contributed by atoms with Gasteiger partial charge in [-0.15, -0.1) is 11.3 Å². The highest BCUT2D eigenvalue weighted by atomic mass is 35.5. The van der Waals surface area contributed by atoms with Gasteiger partial charge in [-0.25, -0.2) is 17.9 Å². The van der Waals surface area contributed by atoms with Gasteiger partial charge in [0.15, 0.2) is 0 Å². The summed E-state index contributed by atoms with van der Waals surface area (Å²) in [7, 11) is -2.70. The smallest absolute Gasteiger partial charge is 0.339 e. The molecule has 1 aromatic carbocycles. The molecule has 1 N–H and O–H groups in total. The minimum absolute atomic E-state index is 0.0124. The maximum Gasteiger partial charge on any atom is 0.339 e. The molecule has 2 aromatic heterocycles. The molecule has 0 amide bonds. The number of rotatable bonds is 4. The van der Waals surface area contributed by atoms with Crippen molar-refractivity contribution in [2.24, 2.45) is 0 Å². The number of carbonyl (C=O) groups excluding carboxylic acids is 1. The maximum absolute atomic E-state index is 12.6. The van der Waals surface area contributed by atoms with E-state index in [1.807, 2.05) is 0 Å². The average Bonchev–Trinajstić information content (AvgIpc) is 3.13. The van der Waals surface area contributed by atoms with Gasteiger partial charge in [0.25, 0.3) is 15.9 Å². The number of methoxy groups -OCH3 is 1. The van der Waals surface area contributed by atoms with Crippen LogP contribution in [0.1, 0.15) is 16.1 Å². The Labute approximate surface area is 146 Å². The lowest BCUT2D eigenvalue weighted by molar-refractivity contribution is 0.0603. The lowest BCUT2D eigenvalue weighted by Crippen LogP contribution is -2.12. The second-order valence-corrected chi connectivity index (χ2v) is 7.70. The third-order valence-electron chi connectivity index (χ3n) is 3.28. The van der Waals surface area contributed by atoms with Gasteiger partial charge in [0, 0.05) is 10.8 Å². The number of benzene rings is 1. The summed E-state index contributed by atoms with van der Waals surface area (Å²) in [5, 5.41) is 5.54. The van der Waals surface area contributed by atoms with Crippen molar-refractivity contribution in [2.45, 2.75) is 11.8 Å². The largest absolute Gasteiger partial charge is 0.465 e. The van der Waals surface area contributed by atoms with Crippen LogP contribution in [0.2, 0.25) is 5.02 Å². The number of thiophene rings is 1. The Balaban J connectivity index is 2.09. The predicted molar refractivity (Wildman–Crippen MR) is 90.2 cm³/mol. The quantitative estimate of drug-likeness (QED) is 0.689. The Morgan fingerprint density at radius 2 is 2.17 bits per heavy atom.